The van der Waals surface area contributed by atoms with E-state index in [-0.39, 0.29) is 5.82 Å². The molecule has 2 rings (SSSR count). The minimum Gasteiger partial charge on any atom is -0.384 e. The van der Waals surface area contributed by atoms with E-state index < -0.39 is 0 Å². The van der Waals surface area contributed by atoms with E-state index in [0.29, 0.717) is 12.2 Å². The summed E-state index contributed by atoms with van der Waals surface area (Å²) in [5.41, 5.74) is 7.57. The highest BCUT2D eigenvalue weighted by atomic mass is 19.1. The first-order valence-corrected chi connectivity index (χ1v) is 4.28. The number of nitrogens with two attached hydrogens (primary N) is 1. The van der Waals surface area contributed by atoms with Gasteiger partial charge in [0.15, 0.2) is 0 Å². The van der Waals surface area contributed by atoms with E-state index in [4.69, 9.17) is 5.73 Å². The highest BCUT2D eigenvalue weighted by Gasteiger charge is 2.02. The second-order valence-electron chi connectivity index (χ2n) is 3.11. The molecule has 2 aromatic rings. The molecular formula is C10H10FN3. The molecule has 1 aromatic carbocycles. The number of benzene rings is 1. The van der Waals surface area contributed by atoms with Crippen LogP contribution in [0, 0.1) is 5.82 Å². The molecule has 0 saturated carbocycles. The summed E-state index contributed by atoms with van der Waals surface area (Å²) < 4.78 is 12.6. The number of aromatic nitrogens is 2. The lowest BCUT2D eigenvalue weighted by Crippen LogP contribution is -1.93. The molecule has 3 N–H and O–H groups in total. The number of aromatic amines is 1. The number of nitrogens with one attached hydrogen (secondary N) is 1. The van der Waals surface area contributed by atoms with Crippen molar-refractivity contribution in [1.82, 2.24) is 10.2 Å². The van der Waals surface area contributed by atoms with E-state index in [1.807, 2.05) is 0 Å². The zero-order valence-electron chi connectivity index (χ0n) is 7.50. The highest BCUT2D eigenvalue weighted by molar-refractivity contribution is 5.40. The molecule has 0 fully saturated rings. The van der Waals surface area contributed by atoms with Gasteiger partial charge in [0.05, 0.1) is 6.20 Å². The lowest BCUT2D eigenvalue weighted by atomic mass is 10.1. The fourth-order valence-electron chi connectivity index (χ4n) is 1.28. The average Bonchev–Trinajstić information content (AvgIpc) is 2.56. The van der Waals surface area contributed by atoms with Gasteiger partial charge < -0.3 is 5.73 Å². The summed E-state index contributed by atoms with van der Waals surface area (Å²) in [5.74, 6) is 0.336. The summed E-state index contributed by atoms with van der Waals surface area (Å²) in [4.78, 5) is 0. The first-order valence-electron chi connectivity index (χ1n) is 4.28. The molecule has 72 valence electrons. The Kier molecular flexibility index (Phi) is 2.18. The van der Waals surface area contributed by atoms with E-state index in [9.17, 15) is 4.39 Å². The summed E-state index contributed by atoms with van der Waals surface area (Å²) in [6, 6.07) is 6.35. The van der Waals surface area contributed by atoms with Crippen molar-refractivity contribution in [1.29, 1.82) is 0 Å². The van der Waals surface area contributed by atoms with Crippen LogP contribution >= 0.6 is 0 Å². The van der Waals surface area contributed by atoms with Crippen LogP contribution in [0.5, 0.6) is 0 Å². The number of rotatable bonds is 2. The van der Waals surface area contributed by atoms with Crippen molar-refractivity contribution in [3.05, 3.63) is 47.4 Å². The monoisotopic (exact) mass is 191 g/mol. The van der Waals surface area contributed by atoms with Crippen molar-refractivity contribution in [3.8, 4) is 0 Å². The van der Waals surface area contributed by atoms with Gasteiger partial charge >= 0.3 is 0 Å². The third-order valence-corrected chi connectivity index (χ3v) is 2.06. The van der Waals surface area contributed by atoms with E-state index in [2.05, 4.69) is 10.2 Å². The maximum Gasteiger partial charge on any atom is 0.123 e. The van der Waals surface area contributed by atoms with E-state index in [0.717, 1.165) is 11.1 Å². The molecule has 4 heteroatoms. The normalized spacial score (nSPS) is 10.4. The van der Waals surface area contributed by atoms with Gasteiger partial charge in [-0.25, -0.2) is 4.39 Å². The van der Waals surface area contributed by atoms with Gasteiger partial charge in [-0.2, -0.15) is 5.10 Å². The third kappa shape index (κ3) is 1.74. The maximum absolute atomic E-state index is 12.6. The fourth-order valence-corrected chi connectivity index (χ4v) is 1.28. The minimum absolute atomic E-state index is 0.228. The van der Waals surface area contributed by atoms with Crippen LogP contribution in [0.3, 0.4) is 0 Å². The van der Waals surface area contributed by atoms with Crippen molar-refractivity contribution in [2.75, 3.05) is 5.73 Å². The molecule has 0 unspecified atom stereocenters. The average molecular weight is 191 g/mol. The molecule has 0 saturated heterocycles. The number of anilines is 1. The number of halogens is 1. The third-order valence-electron chi connectivity index (χ3n) is 2.06. The Bertz CT molecular complexity index is 419. The van der Waals surface area contributed by atoms with E-state index in [1.54, 1.807) is 18.3 Å². The minimum atomic E-state index is -0.228. The Hall–Kier alpha value is -1.84. The van der Waals surface area contributed by atoms with Crippen LogP contribution in [-0.2, 0) is 6.42 Å². The smallest absolute Gasteiger partial charge is 0.123 e. The molecule has 0 bridgehead atoms. The zero-order chi connectivity index (χ0) is 9.97. The van der Waals surface area contributed by atoms with Crippen LogP contribution in [0.25, 0.3) is 0 Å². The van der Waals surface area contributed by atoms with Crippen LogP contribution in [0.1, 0.15) is 11.1 Å². The van der Waals surface area contributed by atoms with Gasteiger partial charge in [0, 0.05) is 12.0 Å². The molecule has 0 amide bonds. The van der Waals surface area contributed by atoms with Crippen LogP contribution < -0.4 is 5.73 Å². The van der Waals surface area contributed by atoms with Crippen LogP contribution in [0.2, 0.25) is 0 Å². The molecular weight excluding hydrogens is 181 g/mol. The number of nitrogens with zero attached hydrogens (tertiary/aromatic N) is 1. The van der Waals surface area contributed by atoms with Crippen LogP contribution in [-0.4, -0.2) is 10.2 Å². The van der Waals surface area contributed by atoms with Crippen molar-refractivity contribution in [2.24, 2.45) is 0 Å². The number of hydrogen-bond acceptors (Lipinski definition) is 2. The van der Waals surface area contributed by atoms with Crippen molar-refractivity contribution in [3.63, 3.8) is 0 Å². The molecule has 14 heavy (non-hydrogen) atoms. The molecule has 0 aliphatic rings. The molecule has 0 aliphatic carbocycles. The Morgan fingerprint density at radius 3 is 2.57 bits per heavy atom. The lowest BCUT2D eigenvalue weighted by molar-refractivity contribution is 0.627. The van der Waals surface area contributed by atoms with E-state index in [1.165, 1.54) is 12.1 Å². The Balaban J connectivity index is 2.19. The molecule has 0 aliphatic heterocycles. The fraction of sp³-hybridized carbons (Fsp3) is 0.100. The van der Waals surface area contributed by atoms with Gasteiger partial charge in [-0.05, 0) is 17.7 Å². The quantitative estimate of drug-likeness (QED) is 0.759. The predicted octanol–water partition coefficient (Wildman–Crippen LogP) is 1.72. The Morgan fingerprint density at radius 1 is 1.29 bits per heavy atom. The Morgan fingerprint density at radius 2 is 2.00 bits per heavy atom. The van der Waals surface area contributed by atoms with Crippen molar-refractivity contribution in [2.45, 2.75) is 6.42 Å². The van der Waals surface area contributed by atoms with Crippen molar-refractivity contribution < 1.29 is 4.39 Å². The Labute approximate surface area is 80.8 Å². The predicted molar refractivity (Wildman–Crippen MR) is 52.2 cm³/mol. The first kappa shape index (κ1) is 8.74. The largest absolute Gasteiger partial charge is 0.384 e. The van der Waals surface area contributed by atoms with Gasteiger partial charge in [-0.3, -0.25) is 5.10 Å². The number of hydrogen-bond donors (Lipinski definition) is 2. The second kappa shape index (κ2) is 3.49. The number of nitrogen functional groups attached to an aromatic ring is 1. The summed E-state index contributed by atoms with van der Waals surface area (Å²) in [6.07, 6.45) is 2.35. The van der Waals surface area contributed by atoms with Gasteiger partial charge in [0.1, 0.15) is 11.6 Å². The second-order valence-corrected chi connectivity index (χ2v) is 3.11. The summed E-state index contributed by atoms with van der Waals surface area (Å²) in [6.45, 7) is 0. The topological polar surface area (TPSA) is 54.7 Å². The van der Waals surface area contributed by atoms with Gasteiger partial charge in [-0.15, -0.1) is 0 Å². The van der Waals surface area contributed by atoms with Crippen molar-refractivity contribution >= 4 is 5.82 Å². The maximum atomic E-state index is 12.6. The standard InChI is InChI=1S/C10H10FN3/c11-9-3-1-7(2-4-9)5-8-6-13-14-10(8)12/h1-4,6H,5H2,(H3,12,13,14). The van der Waals surface area contributed by atoms with Gasteiger partial charge in [0.25, 0.3) is 0 Å². The molecule has 0 spiro atoms. The molecule has 1 aromatic heterocycles. The summed E-state index contributed by atoms with van der Waals surface area (Å²) in [7, 11) is 0. The molecule has 3 nitrogen and oxygen atoms in total. The summed E-state index contributed by atoms with van der Waals surface area (Å²) >= 11 is 0. The highest BCUT2D eigenvalue weighted by Crippen LogP contribution is 2.13. The van der Waals surface area contributed by atoms with Crippen LogP contribution in [0.4, 0.5) is 10.2 Å². The molecule has 0 atom stereocenters. The zero-order valence-corrected chi connectivity index (χ0v) is 7.50. The number of H-pyrrole nitrogens is 1. The lowest BCUT2D eigenvalue weighted by Gasteiger charge is -1.99. The van der Waals surface area contributed by atoms with E-state index >= 15 is 0 Å². The molecule has 0 radical (unpaired) electrons. The summed E-state index contributed by atoms with van der Waals surface area (Å²) in [5, 5.41) is 6.47. The first-order chi connectivity index (χ1) is 6.75. The SMILES string of the molecule is Nc1[nH]ncc1Cc1ccc(F)cc1. The van der Waals surface area contributed by atoms with Crippen LogP contribution in [0.15, 0.2) is 30.5 Å². The van der Waals surface area contributed by atoms with Gasteiger partial charge in [-0.1, -0.05) is 12.1 Å². The van der Waals surface area contributed by atoms with Gasteiger partial charge in [0.2, 0.25) is 0 Å². The molecule has 1 heterocycles.